The van der Waals surface area contributed by atoms with E-state index in [1.54, 1.807) is 17.3 Å². The van der Waals surface area contributed by atoms with Crippen LogP contribution in [-0.2, 0) is 4.79 Å². The lowest BCUT2D eigenvalue weighted by Gasteiger charge is -2.35. The Morgan fingerprint density at radius 1 is 1.26 bits per heavy atom. The lowest BCUT2D eigenvalue weighted by atomic mass is 9.82. The number of aromatic nitrogens is 1. The van der Waals surface area contributed by atoms with Gasteiger partial charge in [0.15, 0.2) is 6.04 Å². The van der Waals surface area contributed by atoms with Crippen molar-refractivity contribution < 1.29 is 14.3 Å². The molecule has 1 aromatic heterocycles. The summed E-state index contributed by atoms with van der Waals surface area (Å²) in [7, 11) is 0. The highest BCUT2D eigenvalue weighted by molar-refractivity contribution is 6.29. The number of hydrazone groups is 1. The maximum Gasteiger partial charge on any atom is 0.331 e. The van der Waals surface area contributed by atoms with Crippen LogP contribution in [0.4, 0.5) is 4.39 Å². The summed E-state index contributed by atoms with van der Waals surface area (Å²) in [5.74, 6) is -0.457. The number of rotatable bonds is 3. The van der Waals surface area contributed by atoms with Gasteiger partial charge in [-0.2, -0.15) is 9.49 Å². The second-order valence-corrected chi connectivity index (χ2v) is 8.77. The molecule has 1 fully saturated rings. The van der Waals surface area contributed by atoms with E-state index in [0.29, 0.717) is 29.3 Å². The number of hydrogen-bond donors (Lipinski definition) is 2. The molecule has 0 aromatic carbocycles. The summed E-state index contributed by atoms with van der Waals surface area (Å²) in [5, 5.41) is 20.4. The highest BCUT2D eigenvalue weighted by Gasteiger charge is 2.41. The summed E-state index contributed by atoms with van der Waals surface area (Å²) in [6.45, 7) is 0. The van der Waals surface area contributed by atoms with E-state index in [-0.39, 0.29) is 17.9 Å². The van der Waals surface area contributed by atoms with Gasteiger partial charge in [0, 0.05) is 28.7 Å². The van der Waals surface area contributed by atoms with E-state index in [9.17, 15) is 14.3 Å². The number of aliphatic carboxylic acids is 1. The molecule has 1 saturated carbocycles. The van der Waals surface area contributed by atoms with Crippen LogP contribution < -0.4 is 5.32 Å². The molecule has 7 nitrogen and oxygen atoms in total. The van der Waals surface area contributed by atoms with E-state index in [1.165, 1.54) is 6.20 Å². The van der Waals surface area contributed by atoms with Crippen molar-refractivity contribution in [3.05, 3.63) is 64.2 Å². The Kier molecular flexibility index (Phi) is 5.17. The van der Waals surface area contributed by atoms with Gasteiger partial charge in [0.05, 0.1) is 6.04 Å². The molecular formula is C22H23ClFN5O2. The lowest BCUT2D eigenvalue weighted by Crippen LogP contribution is -2.43. The number of allylic oxidation sites excluding steroid dienone is 2. The monoisotopic (exact) mass is 443 g/mol. The highest BCUT2D eigenvalue weighted by Crippen LogP contribution is 2.40. The molecule has 1 unspecified atom stereocenters. The van der Waals surface area contributed by atoms with Gasteiger partial charge in [0.2, 0.25) is 5.95 Å². The normalized spacial score (nSPS) is 27.7. The van der Waals surface area contributed by atoms with Crippen molar-refractivity contribution in [2.24, 2.45) is 5.10 Å². The topological polar surface area (TPSA) is 81.1 Å². The van der Waals surface area contributed by atoms with Crippen LogP contribution >= 0.6 is 11.6 Å². The van der Waals surface area contributed by atoms with Crippen LogP contribution in [0.5, 0.6) is 0 Å². The minimum atomic E-state index is -0.919. The summed E-state index contributed by atoms with van der Waals surface area (Å²) >= 11 is 6.20. The number of carboxylic acid groups (broad SMARTS) is 1. The van der Waals surface area contributed by atoms with Crippen LogP contribution in [0.1, 0.15) is 50.0 Å². The predicted molar refractivity (Wildman–Crippen MR) is 114 cm³/mol. The number of pyridine rings is 1. The molecule has 0 bridgehead atoms. The smallest absolute Gasteiger partial charge is 0.331 e. The zero-order valence-electron chi connectivity index (χ0n) is 16.8. The Hall–Kier alpha value is -2.87. The van der Waals surface area contributed by atoms with Gasteiger partial charge in [-0.1, -0.05) is 17.7 Å². The molecule has 1 aromatic rings. The molecule has 0 amide bonds. The molecule has 2 aliphatic heterocycles. The van der Waals surface area contributed by atoms with E-state index in [2.05, 4.69) is 15.4 Å². The van der Waals surface area contributed by atoms with Crippen LogP contribution in [0.2, 0.25) is 0 Å². The first-order chi connectivity index (χ1) is 15.0. The molecule has 5 rings (SSSR count). The van der Waals surface area contributed by atoms with Crippen LogP contribution in [0, 0.1) is 5.95 Å². The first kappa shape index (κ1) is 20.1. The standard InChI is InChI=1S/C22H23ClFN5O2/c23-14-5-8-17-18(10-14)26-11-19-28(20(17)22(30)31)12-27-29(19)15-6-3-13(4-7-15)16-2-1-9-25-21(16)24/h1-2,9-13,15,20,26H,3-8H2,(H,30,31). The second kappa shape index (κ2) is 8.00. The van der Waals surface area contributed by atoms with Crippen LogP contribution in [0.15, 0.2) is 57.8 Å². The Bertz CT molecular complexity index is 1030. The molecule has 3 heterocycles. The molecule has 2 aliphatic carbocycles. The molecular weight excluding hydrogens is 421 g/mol. The minimum Gasteiger partial charge on any atom is -0.479 e. The van der Waals surface area contributed by atoms with Crippen LogP contribution in [0.25, 0.3) is 0 Å². The summed E-state index contributed by atoms with van der Waals surface area (Å²) in [6, 6.07) is 2.88. The molecule has 31 heavy (non-hydrogen) atoms. The van der Waals surface area contributed by atoms with Gasteiger partial charge in [-0.3, -0.25) is 4.90 Å². The molecule has 162 valence electrons. The number of carboxylic acids is 1. The number of fused-ring (bicyclic) bond motifs is 1. The average Bonchev–Trinajstić information content (AvgIpc) is 3.10. The third-order valence-corrected chi connectivity index (χ3v) is 6.85. The van der Waals surface area contributed by atoms with Gasteiger partial charge >= 0.3 is 5.97 Å². The van der Waals surface area contributed by atoms with Gasteiger partial charge in [-0.05, 0) is 62.2 Å². The number of hydrogen-bond acceptors (Lipinski definition) is 6. The Balaban J connectivity index is 1.35. The molecule has 4 aliphatic rings. The third-order valence-electron chi connectivity index (χ3n) is 6.55. The average molecular weight is 444 g/mol. The third kappa shape index (κ3) is 3.59. The summed E-state index contributed by atoms with van der Waals surface area (Å²) in [6.07, 6.45) is 11.2. The number of nitrogens with zero attached hydrogens (tertiary/aromatic N) is 4. The van der Waals surface area contributed by atoms with E-state index in [0.717, 1.165) is 37.0 Å². The van der Waals surface area contributed by atoms with E-state index < -0.39 is 12.0 Å². The van der Waals surface area contributed by atoms with Gasteiger partial charge in [0.1, 0.15) is 12.2 Å². The lowest BCUT2D eigenvalue weighted by molar-refractivity contribution is -0.140. The Morgan fingerprint density at radius 3 is 2.81 bits per heavy atom. The van der Waals surface area contributed by atoms with Gasteiger partial charge in [-0.25, -0.2) is 14.8 Å². The number of nitrogens with one attached hydrogen (secondary N) is 1. The zero-order valence-corrected chi connectivity index (χ0v) is 17.6. The van der Waals surface area contributed by atoms with Crippen molar-refractivity contribution in [2.45, 2.75) is 56.5 Å². The molecule has 0 radical (unpaired) electrons. The van der Waals surface area contributed by atoms with E-state index >= 15 is 0 Å². The van der Waals surface area contributed by atoms with Crippen LogP contribution in [0.3, 0.4) is 0 Å². The molecule has 1 atom stereocenters. The van der Waals surface area contributed by atoms with Gasteiger partial charge < -0.3 is 10.4 Å². The van der Waals surface area contributed by atoms with Crippen molar-refractivity contribution in [3.63, 3.8) is 0 Å². The quantitative estimate of drug-likeness (QED) is 0.691. The molecule has 0 spiro atoms. The largest absolute Gasteiger partial charge is 0.479 e. The number of halogens is 2. The predicted octanol–water partition coefficient (Wildman–Crippen LogP) is 3.83. The number of carbonyl (C=O) groups is 1. The minimum absolute atomic E-state index is 0.119. The second-order valence-electron chi connectivity index (χ2n) is 8.29. The summed E-state index contributed by atoms with van der Waals surface area (Å²) < 4.78 is 14.1. The fourth-order valence-electron chi connectivity index (χ4n) is 5.01. The first-order valence-electron chi connectivity index (χ1n) is 10.5. The zero-order chi connectivity index (χ0) is 21.5. The molecule has 2 N–H and O–H groups in total. The van der Waals surface area contributed by atoms with Crippen molar-refractivity contribution >= 4 is 23.9 Å². The fourth-order valence-corrected chi connectivity index (χ4v) is 5.21. The molecule has 0 saturated heterocycles. The van der Waals surface area contributed by atoms with Gasteiger partial charge in [-0.15, -0.1) is 0 Å². The Morgan fingerprint density at radius 2 is 2.06 bits per heavy atom. The van der Waals surface area contributed by atoms with Gasteiger partial charge in [0.25, 0.3) is 0 Å². The fraction of sp³-hybridized carbons (Fsp3) is 0.409. The SMILES string of the molecule is O=C(O)C1C2=C(C=C(Cl)CC2)NC=C2N1C=NN2C1CCC(c2cccnc2F)CC1. The van der Waals surface area contributed by atoms with E-state index in [4.69, 9.17) is 11.6 Å². The van der Waals surface area contributed by atoms with Crippen molar-refractivity contribution in [3.8, 4) is 0 Å². The molecule has 9 heteroatoms. The highest BCUT2D eigenvalue weighted by atomic mass is 35.5. The maximum absolute atomic E-state index is 14.1. The van der Waals surface area contributed by atoms with Crippen LogP contribution in [-0.4, -0.2) is 44.4 Å². The maximum atomic E-state index is 14.1. The van der Waals surface area contributed by atoms with E-state index in [1.807, 2.05) is 23.4 Å². The first-order valence-corrected chi connectivity index (χ1v) is 10.9. The van der Waals surface area contributed by atoms with Crippen molar-refractivity contribution in [2.75, 3.05) is 0 Å². The van der Waals surface area contributed by atoms with Crippen molar-refractivity contribution in [1.82, 2.24) is 20.2 Å². The summed E-state index contributed by atoms with van der Waals surface area (Å²) in [4.78, 5) is 17.7. The van der Waals surface area contributed by atoms with Crippen molar-refractivity contribution in [1.29, 1.82) is 0 Å². The summed E-state index contributed by atoms with van der Waals surface area (Å²) in [5.41, 5.74) is 2.22. The Labute approximate surface area is 184 Å².